The molecule has 0 saturated heterocycles. The van der Waals surface area contributed by atoms with Crippen molar-refractivity contribution in [2.75, 3.05) is 7.11 Å². The largest absolute Gasteiger partial charge is 0.480 e. The van der Waals surface area contributed by atoms with Gasteiger partial charge in [0.15, 0.2) is 0 Å². The summed E-state index contributed by atoms with van der Waals surface area (Å²) < 4.78 is 5.43. The maximum absolute atomic E-state index is 11.5. The van der Waals surface area contributed by atoms with Crippen molar-refractivity contribution in [1.82, 2.24) is 0 Å². The molecule has 1 aromatic carbocycles. The van der Waals surface area contributed by atoms with Gasteiger partial charge in [-0.25, -0.2) is 0 Å². The molecule has 2 atom stereocenters. The summed E-state index contributed by atoms with van der Waals surface area (Å²) in [4.78, 5) is 11.5. The molecule has 0 bridgehead atoms. The number of ether oxygens (including phenoxy) is 1. The van der Waals surface area contributed by atoms with Crippen molar-refractivity contribution in [3.63, 3.8) is 0 Å². The van der Waals surface area contributed by atoms with Gasteiger partial charge in [0, 0.05) is 18.1 Å². The average molecular weight is 326 g/mol. The van der Waals surface area contributed by atoms with Crippen LogP contribution in [0.3, 0.4) is 0 Å². The highest BCUT2D eigenvalue weighted by Gasteiger charge is 2.43. The van der Waals surface area contributed by atoms with E-state index in [0.717, 1.165) is 31.2 Å². The van der Waals surface area contributed by atoms with E-state index in [1.807, 2.05) is 12.1 Å². The zero-order valence-corrected chi connectivity index (χ0v) is 13.8. The standard InChI is InChI=1S/C17H24ClNO3/c1-17(9-7-13(22-2)8-10-17)14(15(19)16(20)21)11-3-5-12(18)6-4-11/h3-6,13-15H,7-10,19H2,1-2H3,(H,20,21)/t13-,14-,15+,17-/m1/s1. The van der Waals surface area contributed by atoms with Gasteiger partial charge < -0.3 is 15.6 Å². The fourth-order valence-corrected chi connectivity index (χ4v) is 3.78. The van der Waals surface area contributed by atoms with E-state index in [1.165, 1.54) is 0 Å². The predicted molar refractivity (Wildman–Crippen MR) is 87.2 cm³/mol. The van der Waals surface area contributed by atoms with Gasteiger partial charge >= 0.3 is 5.97 Å². The summed E-state index contributed by atoms with van der Waals surface area (Å²) >= 11 is 5.95. The van der Waals surface area contributed by atoms with Gasteiger partial charge in [0.05, 0.1) is 6.10 Å². The van der Waals surface area contributed by atoms with Crippen molar-refractivity contribution in [3.05, 3.63) is 34.9 Å². The number of carboxylic acids is 1. The molecule has 0 heterocycles. The molecule has 0 spiro atoms. The number of halogens is 1. The molecule has 122 valence electrons. The maximum atomic E-state index is 11.5. The van der Waals surface area contributed by atoms with E-state index in [4.69, 9.17) is 22.1 Å². The highest BCUT2D eigenvalue weighted by atomic mass is 35.5. The Morgan fingerprint density at radius 2 is 1.91 bits per heavy atom. The Labute approximate surface area is 136 Å². The maximum Gasteiger partial charge on any atom is 0.321 e. The van der Waals surface area contributed by atoms with Gasteiger partial charge in [-0.1, -0.05) is 30.7 Å². The van der Waals surface area contributed by atoms with Crippen molar-refractivity contribution < 1.29 is 14.6 Å². The number of aliphatic carboxylic acids is 1. The van der Waals surface area contributed by atoms with Crippen LogP contribution in [-0.4, -0.2) is 30.3 Å². The second-order valence-corrected chi connectivity index (χ2v) is 6.92. The molecule has 0 radical (unpaired) electrons. The summed E-state index contributed by atoms with van der Waals surface area (Å²) in [5.41, 5.74) is 6.84. The molecule has 2 rings (SSSR count). The van der Waals surface area contributed by atoms with Crippen LogP contribution in [0.5, 0.6) is 0 Å². The minimum absolute atomic E-state index is 0.152. The zero-order valence-electron chi connectivity index (χ0n) is 13.1. The van der Waals surface area contributed by atoms with E-state index in [2.05, 4.69) is 6.92 Å². The zero-order chi connectivity index (χ0) is 16.3. The van der Waals surface area contributed by atoms with Gasteiger partial charge in [0.1, 0.15) is 6.04 Å². The lowest BCUT2D eigenvalue weighted by atomic mass is 9.62. The first kappa shape index (κ1) is 17.3. The van der Waals surface area contributed by atoms with Crippen LogP contribution in [0.4, 0.5) is 0 Å². The van der Waals surface area contributed by atoms with E-state index in [1.54, 1.807) is 19.2 Å². The third-order valence-corrected chi connectivity index (χ3v) is 5.28. The van der Waals surface area contributed by atoms with Gasteiger partial charge in [-0.15, -0.1) is 0 Å². The Morgan fingerprint density at radius 1 is 1.36 bits per heavy atom. The lowest BCUT2D eigenvalue weighted by molar-refractivity contribution is -0.140. The number of carbonyl (C=O) groups is 1. The van der Waals surface area contributed by atoms with Crippen molar-refractivity contribution in [1.29, 1.82) is 0 Å². The molecular weight excluding hydrogens is 302 g/mol. The van der Waals surface area contributed by atoms with E-state index < -0.39 is 12.0 Å². The smallest absolute Gasteiger partial charge is 0.321 e. The number of benzene rings is 1. The van der Waals surface area contributed by atoms with E-state index in [0.29, 0.717) is 5.02 Å². The summed E-state index contributed by atoms with van der Waals surface area (Å²) in [5, 5.41) is 10.1. The molecule has 22 heavy (non-hydrogen) atoms. The van der Waals surface area contributed by atoms with E-state index in [-0.39, 0.29) is 17.4 Å². The van der Waals surface area contributed by atoms with Crippen molar-refractivity contribution in [2.45, 2.75) is 50.7 Å². The third kappa shape index (κ3) is 3.62. The SMILES string of the molecule is CO[C@H]1CC[C@](C)([C@H](c2ccc(Cl)cc2)[C@H](N)C(=O)O)CC1. The first-order valence-electron chi connectivity index (χ1n) is 7.64. The molecule has 4 nitrogen and oxygen atoms in total. The fourth-order valence-electron chi connectivity index (χ4n) is 3.65. The Hall–Kier alpha value is -1.10. The van der Waals surface area contributed by atoms with Gasteiger partial charge in [-0.3, -0.25) is 4.79 Å². The lowest BCUT2D eigenvalue weighted by Gasteiger charge is -2.44. The van der Waals surface area contributed by atoms with E-state index in [9.17, 15) is 9.90 Å². The number of nitrogens with two attached hydrogens (primary N) is 1. The van der Waals surface area contributed by atoms with Crippen LogP contribution in [0.1, 0.15) is 44.1 Å². The second-order valence-electron chi connectivity index (χ2n) is 6.48. The summed E-state index contributed by atoms with van der Waals surface area (Å²) in [7, 11) is 1.73. The Balaban J connectivity index is 2.32. The molecular formula is C17H24ClNO3. The quantitative estimate of drug-likeness (QED) is 0.870. The van der Waals surface area contributed by atoms with Crippen LogP contribution in [-0.2, 0) is 9.53 Å². The second kappa shape index (κ2) is 6.99. The third-order valence-electron chi connectivity index (χ3n) is 5.03. The summed E-state index contributed by atoms with van der Waals surface area (Å²) in [6.45, 7) is 2.14. The van der Waals surface area contributed by atoms with Gasteiger partial charge in [-0.2, -0.15) is 0 Å². The molecule has 1 saturated carbocycles. The van der Waals surface area contributed by atoms with Gasteiger partial charge in [0.25, 0.3) is 0 Å². The van der Waals surface area contributed by atoms with Crippen LogP contribution in [0.2, 0.25) is 5.02 Å². The van der Waals surface area contributed by atoms with Gasteiger partial charge in [-0.05, 0) is 48.8 Å². The molecule has 0 unspecified atom stereocenters. The molecule has 0 aliphatic heterocycles. The van der Waals surface area contributed by atoms with Crippen LogP contribution in [0.15, 0.2) is 24.3 Å². The molecule has 0 amide bonds. The number of carboxylic acid groups (broad SMARTS) is 1. The first-order chi connectivity index (χ1) is 10.4. The minimum Gasteiger partial charge on any atom is -0.480 e. The van der Waals surface area contributed by atoms with Crippen molar-refractivity contribution >= 4 is 17.6 Å². The monoisotopic (exact) mass is 325 g/mol. The van der Waals surface area contributed by atoms with Crippen LogP contribution >= 0.6 is 11.6 Å². The average Bonchev–Trinajstić information content (AvgIpc) is 2.50. The molecule has 3 N–H and O–H groups in total. The molecule has 1 fully saturated rings. The number of hydrogen-bond acceptors (Lipinski definition) is 3. The Morgan fingerprint density at radius 3 is 2.36 bits per heavy atom. The van der Waals surface area contributed by atoms with E-state index >= 15 is 0 Å². The minimum atomic E-state index is -0.963. The molecule has 0 aromatic heterocycles. The topological polar surface area (TPSA) is 72.5 Å². The van der Waals surface area contributed by atoms with Crippen LogP contribution in [0.25, 0.3) is 0 Å². The number of rotatable bonds is 5. The Bertz CT molecular complexity index is 509. The van der Waals surface area contributed by atoms with Crippen molar-refractivity contribution in [3.8, 4) is 0 Å². The summed E-state index contributed by atoms with van der Waals surface area (Å²) in [6, 6.07) is 6.45. The van der Waals surface area contributed by atoms with Gasteiger partial charge in [0.2, 0.25) is 0 Å². The van der Waals surface area contributed by atoms with Crippen LogP contribution < -0.4 is 5.73 Å². The highest BCUT2D eigenvalue weighted by molar-refractivity contribution is 6.30. The Kier molecular flexibility index (Phi) is 5.48. The lowest BCUT2D eigenvalue weighted by Crippen LogP contribution is -2.46. The summed E-state index contributed by atoms with van der Waals surface area (Å²) in [6.07, 6.45) is 3.94. The highest BCUT2D eigenvalue weighted by Crippen LogP contribution is 2.48. The normalized spacial score (nSPS) is 28.1. The molecule has 1 aliphatic carbocycles. The molecule has 5 heteroatoms. The number of methoxy groups -OCH3 is 1. The summed E-state index contributed by atoms with van der Waals surface area (Å²) in [5.74, 6) is -1.20. The predicted octanol–water partition coefficient (Wildman–Crippen LogP) is 3.43. The number of hydrogen-bond donors (Lipinski definition) is 2. The van der Waals surface area contributed by atoms with Crippen molar-refractivity contribution in [2.24, 2.45) is 11.1 Å². The van der Waals surface area contributed by atoms with Crippen LogP contribution in [0, 0.1) is 5.41 Å². The first-order valence-corrected chi connectivity index (χ1v) is 8.02. The fraction of sp³-hybridized carbons (Fsp3) is 0.588. The molecule has 1 aromatic rings. The molecule has 1 aliphatic rings.